The average molecular weight is 329 g/mol. The van der Waals surface area contributed by atoms with Crippen LogP contribution in [0.25, 0.3) is 11.3 Å². The fraction of sp³-hybridized carbons (Fsp3) is 0.312. The molecule has 3 aromatic heterocycles. The number of aromatic nitrogens is 4. The van der Waals surface area contributed by atoms with E-state index in [0.29, 0.717) is 5.88 Å². The summed E-state index contributed by atoms with van der Waals surface area (Å²) in [7, 11) is 1.60. The highest BCUT2D eigenvalue weighted by Gasteiger charge is 2.12. The summed E-state index contributed by atoms with van der Waals surface area (Å²) in [6.45, 7) is 5.07. The summed E-state index contributed by atoms with van der Waals surface area (Å²) in [5, 5.41) is 10.6. The van der Waals surface area contributed by atoms with Crippen LogP contribution in [0.2, 0.25) is 0 Å². The largest absolute Gasteiger partial charge is 0.480 e. The van der Waals surface area contributed by atoms with Crippen molar-refractivity contribution in [3.8, 4) is 17.1 Å². The second-order valence-corrected chi connectivity index (χ2v) is 5.97. The Hall–Kier alpha value is -2.41. The first-order chi connectivity index (χ1) is 11.2. The lowest BCUT2D eigenvalue weighted by Gasteiger charge is -2.06. The summed E-state index contributed by atoms with van der Waals surface area (Å²) in [4.78, 5) is 8.83. The van der Waals surface area contributed by atoms with E-state index < -0.39 is 0 Å². The maximum absolute atomic E-state index is 5.25. The molecule has 0 saturated heterocycles. The minimum absolute atomic E-state index is 0.552. The summed E-state index contributed by atoms with van der Waals surface area (Å²) in [5.41, 5.74) is 3.80. The standard InChI is InChI=1S/C16H19N5OS/c1-4-8-21-9-12(11(2)20-21)14-10-23-16(19-14)18-13-6-5-7-17-15(13)22-3/h5-7,9-10H,4,8H2,1-3H3,(H,18,19). The van der Waals surface area contributed by atoms with Crippen molar-refractivity contribution in [2.45, 2.75) is 26.8 Å². The SMILES string of the molecule is CCCn1cc(-c2csc(Nc3cccnc3OC)n2)c(C)n1. The average Bonchev–Trinajstić information content (AvgIpc) is 3.15. The predicted octanol–water partition coefficient (Wildman–Crippen LogP) is 3.87. The van der Waals surface area contributed by atoms with Gasteiger partial charge in [-0.15, -0.1) is 11.3 Å². The molecule has 0 amide bonds. The Bertz CT molecular complexity index is 795. The minimum atomic E-state index is 0.552. The molecule has 0 spiro atoms. The second-order valence-electron chi connectivity index (χ2n) is 5.11. The maximum Gasteiger partial charge on any atom is 0.237 e. The summed E-state index contributed by atoms with van der Waals surface area (Å²) in [6.07, 6.45) is 4.82. The fourth-order valence-corrected chi connectivity index (χ4v) is 3.05. The van der Waals surface area contributed by atoms with Gasteiger partial charge in [0.25, 0.3) is 0 Å². The topological polar surface area (TPSA) is 64.9 Å². The van der Waals surface area contributed by atoms with Crippen molar-refractivity contribution in [3.63, 3.8) is 0 Å². The van der Waals surface area contributed by atoms with E-state index in [4.69, 9.17) is 4.74 Å². The zero-order chi connectivity index (χ0) is 16.2. The third kappa shape index (κ3) is 3.34. The normalized spacial score (nSPS) is 10.7. The molecule has 1 N–H and O–H groups in total. The number of nitrogens with zero attached hydrogens (tertiary/aromatic N) is 4. The van der Waals surface area contributed by atoms with Crippen molar-refractivity contribution in [2.75, 3.05) is 12.4 Å². The van der Waals surface area contributed by atoms with Crippen LogP contribution < -0.4 is 10.1 Å². The Morgan fingerprint density at radius 3 is 3.04 bits per heavy atom. The van der Waals surface area contributed by atoms with Gasteiger partial charge in [0.15, 0.2) is 5.13 Å². The van der Waals surface area contributed by atoms with Crippen molar-refractivity contribution >= 4 is 22.2 Å². The first kappa shape index (κ1) is 15.5. The molecule has 7 heteroatoms. The van der Waals surface area contributed by atoms with Crippen LogP contribution >= 0.6 is 11.3 Å². The first-order valence-corrected chi connectivity index (χ1v) is 8.35. The molecule has 0 fully saturated rings. The van der Waals surface area contributed by atoms with E-state index in [0.717, 1.165) is 40.7 Å². The Kier molecular flexibility index (Phi) is 4.57. The molecule has 23 heavy (non-hydrogen) atoms. The molecular formula is C16H19N5OS. The number of thiazole rings is 1. The molecule has 120 valence electrons. The molecule has 0 radical (unpaired) electrons. The van der Waals surface area contributed by atoms with E-state index in [1.807, 2.05) is 29.1 Å². The third-order valence-electron chi connectivity index (χ3n) is 3.39. The zero-order valence-corrected chi connectivity index (χ0v) is 14.2. The van der Waals surface area contributed by atoms with E-state index in [1.165, 1.54) is 0 Å². The smallest absolute Gasteiger partial charge is 0.237 e. The van der Waals surface area contributed by atoms with Gasteiger partial charge in [-0.25, -0.2) is 9.97 Å². The molecule has 0 aliphatic heterocycles. The summed E-state index contributed by atoms with van der Waals surface area (Å²) < 4.78 is 7.22. The van der Waals surface area contributed by atoms with Crippen LogP contribution in [0.15, 0.2) is 29.9 Å². The number of aryl methyl sites for hydroxylation is 2. The molecule has 0 aromatic carbocycles. The van der Waals surface area contributed by atoms with Gasteiger partial charge >= 0.3 is 0 Å². The van der Waals surface area contributed by atoms with Crippen LogP contribution in [-0.2, 0) is 6.54 Å². The van der Waals surface area contributed by atoms with Crippen molar-refractivity contribution in [1.82, 2.24) is 19.7 Å². The quantitative estimate of drug-likeness (QED) is 0.743. The highest BCUT2D eigenvalue weighted by Crippen LogP contribution is 2.31. The molecule has 3 heterocycles. The van der Waals surface area contributed by atoms with Gasteiger partial charge in [0.2, 0.25) is 5.88 Å². The van der Waals surface area contributed by atoms with Crippen molar-refractivity contribution in [1.29, 1.82) is 0 Å². The highest BCUT2D eigenvalue weighted by molar-refractivity contribution is 7.14. The zero-order valence-electron chi connectivity index (χ0n) is 13.4. The number of hydrogen-bond acceptors (Lipinski definition) is 6. The number of hydrogen-bond donors (Lipinski definition) is 1. The van der Waals surface area contributed by atoms with Gasteiger partial charge in [-0.05, 0) is 25.5 Å². The molecule has 0 unspecified atom stereocenters. The third-order valence-corrected chi connectivity index (χ3v) is 4.14. The molecule has 3 aromatic rings. The van der Waals surface area contributed by atoms with Crippen molar-refractivity contribution in [3.05, 3.63) is 35.6 Å². The molecule has 0 atom stereocenters. The predicted molar refractivity (Wildman–Crippen MR) is 92.4 cm³/mol. The van der Waals surface area contributed by atoms with E-state index in [-0.39, 0.29) is 0 Å². The Labute approximate surface area is 139 Å². The van der Waals surface area contributed by atoms with Crippen molar-refractivity contribution in [2.24, 2.45) is 0 Å². The second kappa shape index (κ2) is 6.78. The number of anilines is 2. The van der Waals surface area contributed by atoms with Crippen LogP contribution in [0.5, 0.6) is 5.88 Å². The minimum Gasteiger partial charge on any atom is -0.480 e. The number of nitrogens with one attached hydrogen (secondary N) is 1. The summed E-state index contributed by atoms with van der Waals surface area (Å²) >= 11 is 1.55. The summed E-state index contributed by atoms with van der Waals surface area (Å²) in [6, 6.07) is 3.77. The molecular weight excluding hydrogens is 310 g/mol. The Morgan fingerprint density at radius 2 is 2.26 bits per heavy atom. The van der Waals surface area contributed by atoms with Crippen LogP contribution in [-0.4, -0.2) is 26.9 Å². The van der Waals surface area contributed by atoms with E-state index in [2.05, 4.69) is 33.5 Å². The summed E-state index contributed by atoms with van der Waals surface area (Å²) in [5.74, 6) is 0.552. The fourth-order valence-electron chi connectivity index (χ4n) is 2.33. The van der Waals surface area contributed by atoms with Gasteiger partial charge in [-0.1, -0.05) is 6.92 Å². The Morgan fingerprint density at radius 1 is 1.39 bits per heavy atom. The maximum atomic E-state index is 5.25. The molecule has 6 nitrogen and oxygen atoms in total. The van der Waals surface area contributed by atoms with Crippen molar-refractivity contribution < 1.29 is 4.74 Å². The van der Waals surface area contributed by atoms with Crippen LogP contribution in [0.3, 0.4) is 0 Å². The molecule has 0 bridgehead atoms. The monoisotopic (exact) mass is 329 g/mol. The van der Waals surface area contributed by atoms with E-state index >= 15 is 0 Å². The van der Waals surface area contributed by atoms with Gasteiger partial charge in [-0.2, -0.15) is 5.10 Å². The number of rotatable bonds is 6. The van der Waals surface area contributed by atoms with Crippen LogP contribution in [0.1, 0.15) is 19.0 Å². The molecule has 0 aliphatic rings. The lowest BCUT2D eigenvalue weighted by molar-refractivity contribution is 0.400. The van der Waals surface area contributed by atoms with Gasteiger partial charge in [-0.3, -0.25) is 4.68 Å². The molecule has 0 aliphatic carbocycles. The van der Waals surface area contributed by atoms with Gasteiger partial charge in [0.1, 0.15) is 5.69 Å². The number of methoxy groups -OCH3 is 1. The lowest BCUT2D eigenvalue weighted by Crippen LogP contribution is -1.96. The van der Waals surface area contributed by atoms with Crippen LogP contribution in [0, 0.1) is 6.92 Å². The van der Waals surface area contributed by atoms with Gasteiger partial charge in [0.05, 0.1) is 18.5 Å². The molecule has 3 rings (SSSR count). The molecule has 0 saturated carbocycles. The van der Waals surface area contributed by atoms with Gasteiger partial charge < -0.3 is 10.1 Å². The highest BCUT2D eigenvalue weighted by atomic mass is 32.1. The first-order valence-electron chi connectivity index (χ1n) is 7.47. The van der Waals surface area contributed by atoms with E-state index in [9.17, 15) is 0 Å². The number of pyridine rings is 1. The van der Waals surface area contributed by atoms with Gasteiger partial charge in [0, 0.05) is 29.9 Å². The lowest BCUT2D eigenvalue weighted by atomic mass is 10.2. The van der Waals surface area contributed by atoms with Crippen LogP contribution in [0.4, 0.5) is 10.8 Å². The Balaban J connectivity index is 1.83. The number of ether oxygens (including phenoxy) is 1. The van der Waals surface area contributed by atoms with E-state index in [1.54, 1.807) is 24.6 Å².